The topological polar surface area (TPSA) is 70.3 Å². The Bertz CT molecular complexity index is 247. The van der Waals surface area contributed by atoms with Crippen molar-refractivity contribution in [2.75, 3.05) is 19.4 Å². The van der Waals surface area contributed by atoms with Crippen LogP contribution in [0, 0.1) is 17.2 Å². The van der Waals surface area contributed by atoms with Crippen LogP contribution >= 0.6 is 7.37 Å². The molecule has 0 aliphatic carbocycles. The summed E-state index contributed by atoms with van der Waals surface area (Å²) in [6.07, 6.45) is -0.267. The van der Waals surface area contributed by atoms with Crippen molar-refractivity contribution in [3.8, 4) is 6.07 Å². The molecule has 0 fully saturated rings. The van der Waals surface area contributed by atoms with Gasteiger partial charge >= 0.3 is 0 Å². The van der Waals surface area contributed by atoms with Crippen LogP contribution in [0.3, 0.4) is 0 Å². The van der Waals surface area contributed by atoms with Crippen LogP contribution in [0.15, 0.2) is 0 Å². The molecule has 14 heavy (non-hydrogen) atoms. The molecule has 1 N–H and O–H groups in total. The largest absolute Gasteiger partial charge is 0.378 e. The Morgan fingerprint density at radius 1 is 1.57 bits per heavy atom. The second-order valence-corrected chi connectivity index (χ2v) is 6.51. The summed E-state index contributed by atoms with van der Waals surface area (Å²) < 4.78 is 16.9. The molecule has 2 unspecified atom stereocenters. The van der Waals surface area contributed by atoms with Gasteiger partial charge in [-0.15, -0.1) is 0 Å². The van der Waals surface area contributed by atoms with E-state index in [1.807, 2.05) is 13.8 Å². The van der Waals surface area contributed by atoms with Gasteiger partial charge in [-0.1, -0.05) is 13.8 Å². The Labute approximate surface area is 85.3 Å². The fraction of sp³-hybridized carbons (Fsp3) is 0.889. The normalized spacial score (nSPS) is 17.4. The Balaban J connectivity index is 3.78. The summed E-state index contributed by atoms with van der Waals surface area (Å²) >= 11 is 0. The van der Waals surface area contributed by atoms with E-state index in [1.165, 1.54) is 0 Å². The van der Waals surface area contributed by atoms with Gasteiger partial charge in [-0.25, -0.2) is 0 Å². The SMILES string of the molecule is CC(C)CP(C)(=O)OCCC(O)C#N. The van der Waals surface area contributed by atoms with Crippen LogP contribution in [0.4, 0.5) is 0 Å². The molecule has 5 heteroatoms. The molecule has 0 aliphatic rings. The predicted molar refractivity (Wildman–Crippen MR) is 55.4 cm³/mol. The lowest BCUT2D eigenvalue weighted by Crippen LogP contribution is -2.08. The summed E-state index contributed by atoms with van der Waals surface area (Å²) in [4.78, 5) is 0. The van der Waals surface area contributed by atoms with Crippen molar-refractivity contribution < 1.29 is 14.2 Å². The second kappa shape index (κ2) is 6.19. The predicted octanol–water partition coefficient (Wildman–Crippen LogP) is 1.84. The summed E-state index contributed by atoms with van der Waals surface area (Å²) in [5.41, 5.74) is 0. The molecular formula is C9H18NO3P. The molecule has 0 aromatic heterocycles. The Kier molecular flexibility index (Phi) is 6.03. The first-order chi connectivity index (χ1) is 6.37. The summed E-state index contributed by atoms with van der Waals surface area (Å²) in [6, 6.07) is 1.68. The van der Waals surface area contributed by atoms with Gasteiger partial charge in [-0.3, -0.25) is 4.57 Å². The summed E-state index contributed by atoms with van der Waals surface area (Å²) in [7, 11) is -2.54. The van der Waals surface area contributed by atoms with Gasteiger partial charge in [0.1, 0.15) is 6.10 Å². The number of nitrogens with zero attached hydrogens (tertiary/aromatic N) is 1. The lowest BCUT2D eigenvalue weighted by Gasteiger charge is -2.15. The molecule has 0 amide bonds. The standard InChI is InChI=1S/C9H18NO3P/c1-8(2)7-14(3,12)13-5-4-9(11)6-10/h8-9,11H,4-5,7H2,1-3H3. The molecule has 0 aromatic carbocycles. The summed E-state index contributed by atoms with van der Waals surface area (Å²) in [5.74, 6) is 0.326. The van der Waals surface area contributed by atoms with E-state index in [2.05, 4.69) is 0 Å². The first-order valence-electron chi connectivity index (χ1n) is 4.66. The van der Waals surface area contributed by atoms with E-state index in [9.17, 15) is 4.57 Å². The highest BCUT2D eigenvalue weighted by molar-refractivity contribution is 7.58. The van der Waals surface area contributed by atoms with Gasteiger partial charge in [0.2, 0.25) is 0 Å². The van der Waals surface area contributed by atoms with E-state index in [4.69, 9.17) is 14.9 Å². The zero-order valence-corrected chi connectivity index (χ0v) is 9.83. The number of hydrogen-bond donors (Lipinski definition) is 1. The van der Waals surface area contributed by atoms with Crippen molar-refractivity contribution in [3.05, 3.63) is 0 Å². The van der Waals surface area contributed by atoms with E-state index in [0.717, 1.165) is 0 Å². The van der Waals surface area contributed by atoms with E-state index < -0.39 is 13.5 Å². The van der Waals surface area contributed by atoms with Crippen molar-refractivity contribution in [2.24, 2.45) is 5.92 Å². The van der Waals surface area contributed by atoms with Crippen molar-refractivity contribution >= 4 is 7.37 Å². The molecule has 0 spiro atoms. The molecule has 0 rings (SSSR count). The monoisotopic (exact) mass is 219 g/mol. The molecule has 0 heterocycles. The molecule has 0 saturated carbocycles. The van der Waals surface area contributed by atoms with Crippen molar-refractivity contribution in [3.63, 3.8) is 0 Å². The minimum atomic E-state index is -2.54. The molecule has 0 bridgehead atoms. The van der Waals surface area contributed by atoms with Gasteiger partial charge < -0.3 is 9.63 Å². The summed E-state index contributed by atoms with van der Waals surface area (Å²) in [5, 5.41) is 17.2. The van der Waals surface area contributed by atoms with E-state index in [1.54, 1.807) is 12.7 Å². The van der Waals surface area contributed by atoms with Crippen molar-refractivity contribution in [2.45, 2.75) is 26.4 Å². The Morgan fingerprint density at radius 2 is 2.14 bits per heavy atom. The Morgan fingerprint density at radius 3 is 2.57 bits per heavy atom. The maximum atomic E-state index is 11.7. The van der Waals surface area contributed by atoms with Crippen LogP contribution in [-0.2, 0) is 9.09 Å². The second-order valence-electron chi connectivity index (χ2n) is 3.86. The molecule has 0 aromatic rings. The van der Waals surface area contributed by atoms with Gasteiger partial charge in [-0.05, 0) is 5.92 Å². The first kappa shape index (κ1) is 13.6. The molecule has 0 saturated heterocycles. The quantitative estimate of drug-likeness (QED) is 0.546. The maximum absolute atomic E-state index is 11.7. The lowest BCUT2D eigenvalue weighted by atomic mass is 10.3. The van der Waals surface area contributed by atoms with Gasteiger partial charge in [0, 0.05) is 19.2 Å². The molecule has 4 nitrogen and oxygen atoms in total. The Hall–Kier alpha value is -0.360. The van der Waals surface area contributed by atoms with Crippen LogP contribution in [-0.4, -0.2) is 30.6 Å². The third kappa shape index (κ3) is 7.08. The number of aliphatic hydroxyl groups is 1. The third-order valence-electron chi connectivity index (χ3n) is 1.60. The van der Waals surface area contributed by atoms with E-state index in [0.29, 0.717) is 12.1 Å². The van der Waals surface area contributed by atoms with Crippen molar-refractivity contribution in [1.29, 1.82) is 5.26 Å². The zero-order valence-electron chi connectivity index (χ0n) is 8.93. The smallest absolute Gasteiger partial charge is 0.200 e. The lowest BCUT2D eigenvalue weighted by molar-refractivity contribution is 0.185. The van der Waals surface area contributed by atoms with Crippen molar-refractivity contribution in [1.82, 2.24) is 0 Å². The molecular weight excluding hydrogens is 201 g/mol. The maximum Gasteiger partial charge on any atom is 0.200 e. The minimum Gasteiger partial charge on any atom is -0.378 e. The highest BCUT2D eigenvalue weighted by Crippen LogP contribution is 2.44. The molecule has 2 atom stereocenters. The number of aliphatic hydroxyl groups excluding tert-OH is 1. The average Bonchev–Trinajstić information content (AvgIpc) is 2.01. The van der Waals surface area contributed by atoms with Crippen LogP contribution < -0.4 is 0 Å². The van der Waals surface area contributed by atoms with Crippen LogP contribution in [0.5, 0.6) is 0 Å². The highest BCUT2D eigenvalue weighted by Gasteiger charge is 2.18. The average molecular weight is 219 g/mol. The van der Waals surface area contributed by atoms with Crippen LogP contribution in [0.2, 0.25) is 0 Å². The third-order valence-corrected chi connectivity index (χ3v) is 3.72. The molecule has 82 valence electrons. The highest BCUT2D eigenvalue weighted by atomic mass is 31.2. The van der Waals surface area contributed by atoms with Gasteiger partial charge in [0.05, 0.1) is 12.7 Å². The number of hydrogen-bond acceptors (Lipinski definition) is 4. The van der Waals surface area contributed by atoms with Crippen LogP contribution in [0.1, 0.15) is 20.3 Å². The van der Waals surface area contributed by atoms with Crippen LogP contribution in [0.25, 0.3) is 0 Å². The number of nitriles is 1. The van der Waals surface area contributed by atoms with E-state index in [-0.39, 0.29) is 13.0 Å². The minimum absolute atomic E-state index is 0.176. The number of rotatable bonds is 6. The molecule has 0 aliphatic heterocycles. The van der Waals surface area contributed by atoms with E-state index >= 15 is 0 Å². The fourth-order valence-corrected chi connectivity index (χ4v) is 3.06. The first-order valence-corrected chi connectivity index (χ1v) is 6.92. The van der Waals surface area contributed by atoms with Gasteiger partial charge in [0.25, 0.3) is 0 Å². The molecule has 0 radical (unpaired) electrons. The summed E-state index contributed by atoms with van der Waals surface area (Å²) in [6.45, 7) is 5.72. The zero-order chi connectivity index (χ0) is 11.2. The fourth-order valence-electron chi connectivity index (χ4n) is 1.14. The van der Waals surface area contributed by atoms with Gasteiger partial charge in [-0.2, -0.15) is 5.26 Å². The van der Waals surface area contributed by atoms with Gasteiger partial charge in [0.15, 0.2) is 7.37 Å².